The fraction of sp³-hybridized carbons (Fsp3) is 0. The summed E-state index contributed by atoms with van der Waals surface area (Å²) in [5.41, 5.74) is 8.43. The summed E-state index contributed by atoms with van der Waals surface area (Å²) < 4.78 is 2.59. The lowest BCUT2D eigenvalue weighted by molar-refractivity contribution is 1.32. The van der Waals surface area contributed by atoms with E-state index in [0.29, 0.717) is 0 Å². The third kappa shape index (κ3) is 4.61. The Morgan fingerprint density at radius 2 is 0.900 bits per heavy atom. The van der Waals surface area contributed by atoms with Gasteiger partial charge < -0.3 is 4.90 Å². The fourth-order valence-corrected chi connectivity index (χ4v) is 8.96. The Morgan fingerprint density at radius 3 is 1.66 bits per heavy atom. The first-order valence-corrected chi connectivity index (χ1v) is 17.9. The lowest BCUT2D eigenvalue weighted by atomic mass is 9.93. The number of hydrogen-bond donors (Lipinski definition) is 0. The van der Waals surface area contributed by atoms with Crippen molar-refractivity contribution in [1.82, 2.24) is 0 Å². The molecule has 0 radical (unpaired) electrons. The van der Waals surface area contributed by atoms with Gasteiger partial charge in [0.15, 0.2) is 0 Å². The molecule has 0 atom stereocenters. The van der Waals surface area contributed by atoms with Crippen LogP contribution in [-0.2, 0) is 0 Å². The molecule has 50 heavy (non-hydrogen) atoms. The van der Waals surface area contributed by atoms with Crippen LogP contribution in [0, 0.1) is 0 Å². The molecule has 0 N–H and O–H groups in total. The number of rotatable bonds is 5. The number of thiophene rings is 1. The van der Waals surface area contributed by atoms with Gasteiger partial charge in [0.05, 0.1) is 16.1 Å². The molecule has 0 saturated carbocycles. The first-order valence-electron chi connectivity index (χ1n) is 17.1. The van der Waals surface area contributed by atoms with Crippen molar-refractivity contribution < 1.29 is 0 Å². The van der Waals surface area contributed by atoms with Crippen LogP contribution in [0.3, 0.4) is 0 Å². The largest absolute Gasteiger partial charge is 0.308 e. The van der Waals surface area contributed by atoms with Crippen LogP contribution in [-0.4, -0.2) is 0 Å². The molecule has 1 heterocycles. The van der Waals surface area contributed by atoms with Crippen molar-refractivity contribution in [3.8, 4) is 22.3 Å². The van der Waals surface area contributed by atoms with Gasteiger partial charge in [-0.05, 0) is 79.5 Å². The highest BCUT2D eigenvalue weighted by atomic mass is 32.1. The molecule has 234 valence electrons. The smallest absolute Gasteiger partial charge is 0.0640 e. The van der Waals surface area contributed by atoms with E-state index in [-0.39, 0.29) is 0 Å². The zero-order valence-electron chi connectivity index (χ0n) is 27.3. The monoisotopic (exact) mass is 653 g/mol. The maximum atomic E-state index is 2.48. The van der Waals surface area contributed by atoms with Gasteiger partial charge in [-0.3, -0.25) is 0 Å². The average molecular weight is 654 g/mol. The zero-order chi connectivity index (χ0) is 33.0. The molecule has 9 aromatic carbocycles. The molecule has 0 bridgehead atoms. The molecule has 2 heteroatoms. The molecule has 1 aromatic heterocycles. The molecule has 10 rings (SSSR count). The molecule has 10 aromatic rings. The molecule has 1 nitrogen and oxygen atoms in total. The van der Waals surface area contributed by atoms with E-state index in [0.717, 1.165) is 5.69 Å². The van der Waals surface area contributed by atoms with Crippen LogP contribution in [0.15, 0.2) is 188 Å². The Hall–Kier alpha value is -6.22. The van der Waals surface area contributed by atoms with Crippen molar-refractivity contribution in [1.29, 1.82) is 0 Å². The highest BCUT2D eigenvalue weighted by Crippen LogP contribution is 2.48. The molecule has 0 aliphatic carbocycles. The lowest BCUT2D eigenvalue weighted by Gasteiger charge is -2.28. The van der Waals surface area contributed by atoms with Gasteiger partial charge in [-0.2, -0.15) is 0 Å². The van der Waals surface area contributed by atoms with E-state index >= 15 is 0 Å². The van der Waals surface area contributed by atoms with E-state index in [4.69, 9.17) is 0 Å². The van der Waals surface area contributed by atoms with Gasteiger partial charge in [-0.15, -0.1) is 11.3 Å². The highest BCUT2D eigenvalue weighted by Gasteiger charge is 2.21. The molecule has 0 saturated heterocycles. The molecule has 0 unspecified atom stereocenters. The van der Waals surface area contributed by atoms with Crippen molar-refractivity contribution in [2.45, 2.75) is 0 Å². The van der Waals surface area contributed by atoms with Gasteiger partial charge >= 0.3 is 0 Å². The minimum Gasteiger partial charge on any atom is -0.308 e. The second-order valence-electron chi connectivity index (χ2n) is 12.9. The Balaban J connectivity index is 1.19. The van der Waals surface area contributed by atoms with Gasteiger partial charge in [0, 0.05) is 26.5 Å². The van der Waals surface area contributed by atoms with Crippen LogP contribution in [0.2, 0.25) is 0 Å². The molecule has 0 fully saturated rings. The predicted octanol–water partition coefficient (Wildman–Crippen LogP) is 14.3. The molecular weight excluding hydrogens is 623 g/mol. The summed E-state index contributed by atoms with van der Waals surface area (Å²) >= 11 is 1.87. The van der Waals surface area contributed by atoms with Crippen LogP contribution in [0.5, 0.6) is 0 Å². The summed E-state index contributed by atoms with van der Waals surface area (Å²) in [5.74, 6) is 0. The van der Waals surface area contributed by atoms with E-state index in [9.17, 15) is 0 Å². The fourth-order valence-electron chi connectivity index (χ4n) is 7.76. The Bertz CT molecular complexity index is 2870. The Morgan fingerprint density at radius 1 is 0.340 bits per heavy atom. The molecule has 0 aliphatic heterocycles. The summed E-state index contributed by atoms with van der Waals surface area (Å²) in [5, 5.41) is 10.1. The van der Waals surface area contributed by atoms with Gasteiger partial charge in [0.25, 0.3) is 0 Å². The van der Waals surface area contributed by atoms with E-state index in [2.05, 4.69) is 193 Å². The quantitative estimate of drug-likeness (QED) is 0.167. The van der Waals surface area contributed by atoms with Crippen molar-refractivity contribution in [3.05, 3.63) is 188 Å². The number of nitrogens with zero attached hydrogens (tertiary/aromatic N) is 1. The molecule has 0 amide bonds. The van der Waals surface area contributed by atoms with Gasteiger partial charge in [-0.1, -0.05) is 158 Å². The van der Waals surface area contributed by atoms with Crippen LogP contribution >= 0.6 is 11.3 Å². The summed E-state index contributed by atoms with van der Waals surface area (Å²) in [7, 11) is 0. The van der Waals surface area contributed by atoms with Gasteiger partial charge in [-0.25, -0.2) is 0 Å². The van der Waals surface area contributed by atoms with Crippen LogP contribution in [0.25, 0.3) is 74.7 Å². The predicted molar refractivity (Wildman–Crippen MR) is 217 cm³/mol. The number of benzene rings is 9. The topological polar surface area (TPSA) is 3.24 Å². The highest BCUT2D eigenvalue weighted by molar-refractivity contribution is 7.26. The first kappa shape index (κ1) is 28.8. The molecule has 0 spiro atoms. The average Bonchev–Trinajstić information content (AvgIpc) is 3.58. The lowest BCUT2D eigenvalue weighted by Crippen LogP contribution is -2.11. The summed E-state index contributed by atoms with van der Waals surface area (Å²) in [6, 6.07) is 68.7. The van der Waals surface area contributed by atoms with Gasteiger partial charge in [0.1, 0.15) is 0 Å². The van der Waals surface area contributed by atoms with Crippen molar-refractivity contribution in [3.63, 3.8) is 0 Å². The molecular formula is C48H31NS. The normalized spacial score (nSPS) is 11.6. The van der Waals surface area contributed by atoms with Crippen LogP contribution in [0.1, 0.15) is 0 Å². The van der Waals surface area contributed by atoms with E-state index in [1.807, 2.05) is 11.3 Å². The first-order chi connectivity index (χ1) is 24.8. The second kappa shape index (κ2) is 11.7. The van der Waals surface area contributed by atoms with E-state index < -0.39 is 0 Å². The summed E-state index contributed by atoms with van der Waals surface area (Å²) in [4.78, 5) is 2.48. The van der Waals surface area contributed by atoms with Crippen molar-refractivity contribution in [2.24, 2.45) is 0 Å². The van der Waals surface area contributed by atoms with Gasteiger partial charge in [0.2, 0.25) is 0 Å². The number of anilines is 3. The minimum atomic E-state index is 1.13. The third-order valence-corrected chi connectivity index (χ3v) is 11.3. The standard InChI is InChI=1S/C48H31NS/c1-2-13-32(14-3-1)36-20-10-23-40-37(21-11-22-39(36)40)33-27-29-35(30-28-33)49(45-25-12-24-44-43-19-8-9-26-47(43)50-48(44)45)46-31-34-15-4-5-16-38(34)41-17-6-7-18-42(41)46/h1-31H. The Kier molecular flexibility index (Phi) is 6.75. The zero-order valence-corrected chi connectivity index (χ0v) is 28.1. The SMILES string of the molecule is c1ccc(-c2cccc3c(-c4ccc(N(c5cc6ccccc6c6ccccc56)c5cccc6c5sc5ccccc56)cc4)cccc23)cc1. The minimum absolute atomic E-state index is 1.13. The number of fused-ring (bicyclic) bond motifs is 7. The van der Waals surface area contributed by atoms with Crippen molar-refractivity contribution >= 4 is 80.9 Å². The van der Waals surface area contributed by atoms with E-state index in [1.165, 1.54) is 86.1 Å². The van der Waals surface area contributed by atoms with Crippen molar-refractivity contribution in [2.75, 3.05) is 4.90 Å². The Labute approximate surface area is 294 Å². The number of hydrogen-bond acceptors (Lipinski definition) is 2. The van der Waals surface area contributed by atoms with E-state index in [1.54, 1.807) is 0 Å². The van der Waals surface area contributed by atoms with Crippen LogP contribution in [0.4, 0.5) is 17.1 Å². The summed E-state index contributed by atoms with van der Waals surface area (Å²) in [6.07, 6.45) is 0. The maximum absolute atomic E-state index is 2.48. The van der Waals surface area contributed by atoms with Crippen LogP contribution < -0.4 is 4.90 Å². The third-order valence-electron chi connectivity index (χ3n) is 10.1. The maximum Gasteiger partial charge on any atom is 0.0640 e. The summed E-state index contributed by atoms with van der Waals surface area (Å²) in [6.45, 7) is 0. The molecule has 0 aliphatic rings. The second-order valence-corrected chi connectivity index (χ2v) is 13.9.